The Hall–Kier alpha value is -1.58. The quantitative estimate of drug-likeness (QED) is 0.869. The smallest absolute Gasteiger partial charge is 0.132 e. The molecule has 0 radical (unpaired) electrons. The summed E-state index contributed by atoms with van der Waals surface area (Å²) >= 11 is 5.99. The molecule has 20 heavy (non-hydrogen) atoms. The maximum absolute atomic E-state index is 13.4. The van der Waals surface area contributed by atoms with Gasteiger partial charge in [0.15, 0.2) is 0 Å². The Morgan fingerprint density at radius 1 is 1.20 bits per heavy atom. The Morgan fingerprint density at radius 3 is 2.60 bits per heavy atom. The summed E-state index contributed by atoms with van der Waals surface area (Å²) in [7, 11) is 1.83. The summed E-state index contributed by atoms with van der Waals surface area (Å²) in [5.41, 5.74) is 1.72. The second-order valence-corrected chi connectivity index (χ2v) is 5.11. The van der Waals surface area contributed by atoms with Crippen molar-refractivity contribution in [3.05, 3.63) is 58.4 Å². The van der Waals surface area contributed by atoms with Gasteiger partial charge in [0.25, 0.3) is 0 Å². The molecule has 2 nitrogen and oxygen atoms in total. The Bertz CT molecular complexity index is 615. The molecule has 2 aromatic carbocycles. The van der Waals surface area contributed by atoms with Crippen LogP contribution in [0, 0.1) is 12.7 Å². The molecule has 0 amide bonds. The number of nitrogens with one attached hydrogen (secondary N) is 1. The molecule has 0 aliphatic carbocycles. The fourth-order valence-electron chi connectivity index (χ4n) is 1.91. The molecule has 0 aliphatic rings. The van der Waals surface area contributed by atoms with Crippen molar-refractivity contribution in [3.8, 4) is 11.5 Å². The lowest BCUT2D eigenvalue weighted by Crippen LogP contribution is -2.13. The lowest BCUT2D eigenvalue weighted by molar-refractivity contribution is 0.463. The molecular weight excluding hydrogens is 277 g/mol. The molecular formula is C16H17ClFNO. The summed E-state index contributed by atoms with van der Waals surface area (Å²) in [5, 5.41) is 3.78. The van der Waals surface area contributed by atoms with Crippen LogP contribution in [0.25, 0.3) is 0 Å². The van der Waals surface area contributed by atoms with Gasteiger partial charge in [-0.05, 0) is 62.9 Å². The van der Waals surface area contributed by atoms with Crippen molar-refractivity contribution < 1.29 is 9.13 Å². The molecule has 0 spiro atoms. The van der Waals surface area contributed by atoms with E-state index in [9.17, 15) is 4.39 Å². The third-order valence-corrected chi connectivity index (χ3v) is 3.65. The van der Waals surface area contributed by atoms with Gasteiger partial charge in [-0.15, -0.1) is 0 Å². The summed E-state index contributed by atoms with van der Waals surface area (Å²) in [6.45, 7) is 3.87. The Kier molecular flexibility index (Phi) is 4.63. The molecule has 0 bridgehead atoms. The maximum Gasteiger partial charge on any atom is 0.132 e. The molecule has 106 valence electrons. The van der Waals surface area contributed by atoms with Gasteiger partial charge >= 0.3 is 0 Å². The highest BCUT2D eigenvalue weighted by molar-refractivity contribution is 6.31. The van der Waals surface area contributed by atoms with Crippen LogP contribution in [0.1, 0.15) is 24.1 Å². The van der Waals surface area contributed by atoms with E-state index in [0.29, 0.717) is 16.5 Å². The zero-order valence-corrected chi connectivity index (χ0v) is 12.5. The predicted octanol–water partition coefficient (Wildman–Crippen LogP) is 4.86. The van der Waals surface area contributed by atoms with Crippen LogP contribution in [0.5, 0.6) is 11.5 Å². The van der Waals surface area contributed by atoms with E-state index < -0.39 is 0 Å². The first-order valence-electron chi connectivity index (χ1n) is 6.42. The molecule has 0 aliphatic heterocycles. The van der Waals surface area contributed by atoms with Crippen molar-refractivity contribution in [2.75, 3.05) is 7.05 Å². The minimum Gasteiger partial charge on any atom is -0.457 e. The number of halogens is 2. The van der Waals surface area contributed by atoms with Gasteiger partial charge in [-0.1, -0.05) is 11.6 Å². The first-order chi connectivity index (χ1) is 9.51. The van der Waals surface area contributed by atoms with Gasteiger partial charge < -0.3 is 10.1 Å². The van der Waals surface area contributed by atoms with Crippen molar-refractivity contribution in [2.45, 2.75) is 19.9 Å². The summed E-state index contributed by atoms with van der Waals surface area (Å²) in [5.74, 6) is 1.04. The van der Waals surface area contributed by atoms with Crippen LogP contribution >= 0.6 is 11.6 Å². The van der Waals surface area contributed by atoms with Gasteiger partial charge in [0.2, 0.25) is 0 Å². The third kappa shape index (κ3) is 3.30. The Balaban J connectivity index is 2.35. The van der Waals surface area contributed by atoms with Crippen LogP contribution in [0.2, 0.25) is 5.02 Å². The van der Waals surface area contributed by atoms with Crippen molar-refractivity contribution >= 4 is 11.6 Å². The maximum atomic E-state index is 13.4. The first kappa shape index (κ1) is 14.8. The largest absolute Gasteiger partial charge is 0.457 e. The zero-order valence-electron chi connectivity index (χ0n) is 11.7. The van der Waals surface area contributed by atoms with Crippen LogP contribution in [0.4, 0.5) is 4.39 Å². The first-order valence-corrected chi connectivity index (χ1v) is 6.79. The number of hydrogen-bond acceptors (Lipinski definition) is 2. The van der Waals surface area contributed by atoms with Gasteiger partial charge in [-0.25, -0.2) is 4.39 Å². The van der Waals surface area contributed by atoms with Crippen molar-refractivity contribution in [1.82, 2.24) is 5.32 Å². The van der Waals surface area contributed by atoms with Gasteiger partial charge in [0.1, 0.15) is 17.3 Å². The summed E-state index contributed by atoms with van der Waals surface area (Å²) in [6.07, 6.45) is 0. The number of benzene rings is 2. The molecule has 4 heteroatoms. The van der Waals surface area contributed by atoms with Gasteiger partial charge in [0.05, 0.1) is 0 Å². The molecule has 1 unspecified atom stereocenters. The highest BCUT2D eigenvalue weighted by atomic mass is 35.5. The molecule has 2 aromatic rings. The monoisotopic (exact) mass is 293 g/mol. The Labute approximate surface area is 123 Å². The molecule has 2 rings (SSSR count). The second-order valence-electron chi connectivity index (χ2n) is 4.71. The van der Waals surface area contributed by atoms with E-state index in [0.717, 1.165) is 11.1 Å². The van der Waals surface area contributed by atoms with Crippen molar-refractivity contribution in [3.63, 3.8) is 0 Å². The highest BCUT2D eigenvalue weighted by Gasteiger charge is 2.12. The van der Waals surface area contributed by atoms with E-state index in [-0.39, 0.29) is 11.9 Å². The molecule has 0 heterocycles. The topological polar surface area (TPSA) is 21.3 Å². The zero-order chi connectivity index (χ0) is 14.7. The lowest BCUT2D eigenvalue weighted by Gasteiger charge is -2.16. The number of aryl methyl sites for hydroxylation is 1. The minimum atomic E-state index is -0.276. The van der Waals surface area contributed by atoms with E-state index in [1.54, 1.807) is 18.2 Å². The molecule has 1 N–H and O–H groups in total. The van der Waals surface area contributed by atoms with Gasteiger partial charge in [0, 0.05) is 16.6 Å². The van der Waals surface area contributed by atoms with Crippen LogP contribution in [-0.4, -0.2) is 7.05 Å². The fraction of sp³-hybridized carbons (Fsp3) is 0.250. The summed E-state index contributed by atoms with van der Waals surface area (Å²) < 4.78 is 19.3. The number of rotatable bonds is 4. The van der Waals surface area contributed by atoms with Crippen LogP contribution < -0.4 is 10.1 Å². The lowest BCUT2D eigenvalue weighted by atomic mass is 10.1. The summed E-state index contributed by atoms with van der Waals surface area (Å²) in [6, 6.07) is 9.96. The average Bonchev–Trinajstić information content (AvgIpc) is 2.44. The van der Waals surface area contributed by atoms with E-state index in [1.807, 2.05) is 27.0 Å². The average molecular weight is 294 g/mol. The van der Waals surface area contributed by atoms with E-state index >= 15 is 0 Å². The normalized spacial score (nSPS) is 12.2. The number of hydrogen-bond donors (Lipinski definition) is 1. The highest BCUT2D eigenvalue weighted by Crippen LogP contribution is 2.31. The van der Waals surface area contributed by atoms with E-state index in [1.165, 1.54) is 12.1 Å². The Morgan fingerprint density at radius 2 is 1.95 bits per heavy atom. The van der Waals surface area contributed by atoms with E-state index in [4.69, 9.17) is 16.3 Å². The third-order valence-electron chi connectivity index (χ3n) is 3.23. The molecule has 1 atom stereocenters. The second kappa shape index (κ2) is 6.25. The van der Waals surface area contributed by atoms with Crippen LogP contribution in [0.15, 0.2) is 36.4 Å². The number of ether oxygens (including phenoxy) is 1. The predicted molar refractivity (Wildman–Crippen MR) is 80.1 cm³/mol. The van der Waals surface area contributed by atoms with Gasteiger partial charge in [-0.2, -0.15) is 0 Å². The van der Waals surface area contributed by atoms with Crippen LogP contribution in [0.3, 0.4) is 0 Å². The molecule has 0 saturated carbocycles. The van der Waals surface area contributed by atoms with Gasteiger partial charge in [-0.3, -0.25) is 0 Å². The fourth-order valence-corrected chi connectivity index (χ4v) is 2.03. The van der Waals surface area contributed by atoms with Crippen molar-refractivity contribution in [1.29, 1.82) is 0 Å². The standard InChI is InChI=1S/C16H17ClFNO/c1-10-8-13(5-6-15(10)17)20-16-7-4-12(18)9-14(16)11(2)19-3/h4-9,11,19H,1-3H3. The van der Waals surface area contributed by atoms with E-state index in [2.05, 4.69) is 5.32 Å². The molecule has 0 fully saturated rings. The molecule has 0 saturated heterocycles. The minimum absolute atomic E-state index is 0.00547. The SMILES string of the molecule is CNC(C)c1cc(F)ccc1Oc1ccc(Cl)c(C)c1. The summed E-state index contributed by atoms with van der Waals surface area (Å²) in [4.78, 5) is 0. The molecule has 0 aromatic heterocycles. The van der Waals surface area contributed by atoms with Crippen molar-refractivity contribution in [2.24, 2.45) is 0 Å². The van der Waals surface area contributed by atoms with Crippen LogP contribution in [-0.2, 0) is 0 Å².